The van der Waals surface area contributed by atoms with E-state index in [0.29, 0.717) is 10.3 Å². The lowest BCUT2D eigenvalue weighted by atomic mass is 10.3. The van der Waals surface area contributed by atoms with E-state index in [0.717, 1.165) is 13.0 Å². The lowest BCUT2D eigenvalue weighted by Gasteiger charge is -2.12. The van der Waals surface area contributed by atoms with E-state index in [9.17, 15) is 4.79 Å². The van der Waals surface area contributed by atoms with Crippen LogP contribution in [0.4, 0.5) is 0 Å². The molecule has 1 aromatic heterocycles. The maximum absolute atomic E-state index is 10.7. The highest BCUT2D eigenvalue weighted by Crippen LogP contribution is 2.30. The summed E-state index contributed by atoms with van der Waals surface area (Å²) in [5.74, 6) is -1.05. The summed E-state index contributed by atoms with van der Waals surface area (Å²) in [4.78, 5) is 18.6. The summed E-state index contributed by atoms with van der Waals surface area (Å²) in [6.07, 6.45) is 3.98. The van der Waals surface area contributed by atoms with Crippen LogP contribution >= 0.6 is 11.8 Å². The molecule has 1 aromatic rings. The fraction of sp³-hybridized carbons (Fsp3) is 0.500. The Balaban J connectivity index is 2.09. The minimum Gasteiger partial charge on any atom is -0.476 e. The van der Waals surface area contributed by atoms with E-state index in [1.54, 1.807) is 6.20 Å². The molecule has 0 spiro atoms. The molecule has 16 heavy (non-hydrogen) atoms. The van der Waals surface area contributed by atoms with E-state index in [-0.39, 0.29) is 11.8 Å². The van der Waals surface area contributed by atoms with Crippen molar-refractivity contribution < 1.29 is 14.6 Å². The van der Waals surface area contributed by atoms with E-state index >= 15 is 0 Å². The molecule has 0 aromatic carbocycles. The number of hydrogen-bond acceptors (Lipinski definition) is 5. The van der Waals surface area contributed by atoms with Crippen molar-refractivity contribution in [2.45, 2.75) is 29.7 Å². The van der Waals surface area contributed by atoms with Gasteiger partial charge in [0.15, 0.2) is 5.69 Å². The van der Waals surface area contributed by atoms with Crippen LogP contribution in [0.3, 0.4) is 0 Å². The zero-order valence-corrected chi connectivity index (χ0v) is 9.61. The Morgan fingerprint density at radius 3 is 3.06 bits per heavy atom. The zero-order chi connectivity index (χ0) is 11.5. The molecule has 6 heteroatoms. The number of ether oxygens (including phenoxy) is 1. The Morgan fingerprint density at radius 1 is 1.62 bits per heavy atom. The summed E-state index contributed by atoms with van der Waals surface area (Å²) < 4.78 is 5.43. The predicted molar refractivity (Wildman–Crippen MR) is 58.7 cm³/mol. The molecule has 86 valence electrons. The van der Waals surface area contributed by atoms with Crippen molar-refractivity contribution in [3.63, 3.8) is 0 Å². The molecule has 1 saturated heterocycles. The molecule has 0 amide bonds. The van der Waals surface area contributed by atoms with Crippen molar-refractivity contribution >= 4 is 17.7 Å². The molecule has 1 fully saturated rings. The summed E-state index contributed by atoms with van der Waals surface area (Å²) in [5, 5.41) is 9.76. The van der Waals surface area contributed by atoms with E-state index < -0.39 is 5.97 Å². The normalized spacial score (nSPS) is 24.6. The van der Waals surface area contributed by atoms with Gasteiger partial charge in [0.2, 0.25) is 0 Å². The third-order valence-electron chi connectivity index (χ3n) is 2.41. The molecular formula is C10H12N2O3S. The van der Waals surface area contributed by atoms with Crippen LogP contribution in [0, 0.1) is 0 Å². The number of rotatable bonds is 3. The monoisotopic (exact) mass is 240 g/mol. The number of aromatic carboxylic acids is 1. The van der Waals surface area contributed by atoms with Gasteiger partial charge >= 0.3 is 5.97 Å². The minimum absolute atomic E-state index is 0.0171. The van der Waals surface area contributed by atoms with Gasteiger partial charge in [-0.15, -0.1) is 0 Å². The number of carbonyl (C=O) groups is 1. The third kappa shape index (κ3) is 2.51. The van der Waals surface area contributed by atoms with Crippen LogP contribution in [-0.2, 0) is 4.74 Å². The number of hydrogen-bond donors (Lipinski definition) is 1. The quantitative estimate of drug-likeness (QED) is 0.862. The van der Waals surface area contributed by atoms with Crippen LogP contribution < -0.4 is 0 Å². The fourth-order valence-corrected chi connectivity index (χ4v) is 2.60. The van der Waals surface area contributed by atoms with Crippen LogP contribution in [0.2, 0.25) is 0 Å². The van der Waals surface area contributed by atoms with Crippen molar-refractivity contribution in [2.24, 2.45) is 0 Å². The Kier molecular flexibility index (Phi) is 3.40. The van der Waals surface area contributed by atoms with Gasteiger partial charge in [0, 0.05) is 11.9 Å². The van der Waals surface area contributed by atoms with E-state index in [4.69, 9.17) is 9.84 Å². The lowest BCUT2D eigenvalue weighted by molar-refractivity contribution is 0.0689. The summed E-state index contributed by atoms with van der Waals surface area (Å²) in [6, 6.07) is 0. The fourth-order valence-electron chi connectivity index (χ4n) is 1.53. The summed E-state index contributed by atoms with van der Waals surface area (Å²) in [7, 11) is 0. The number of carboxylic acid groups (broad SMARTS) is 1. The SMILES string of the molecule is CC1OCCC1Sc1cncc(C(=O)O)n1. The van der Waals surface area contributed by atoms with Gasteiger partial charge in [-0.05, 0) is 13.3 Å². The maximum Gasteiger partial charge on any atom is 0.356 e. The molecule has 1 aliphatic heterocycles. The molecule has 2 rings (SSSR count). The first kappa shape index (κ1) is 11.3. The van der Waals surface area contributed by atoms with Crippen LogP contribution in [0.1, 0.15) is 23.8 Å². The molecule has 2 unspecified atom stereocenters. The predicted octanol–water partition coefficient (Wildman–Crippen LogP) is 1.44. The van der Waals surface area contributed by atoms with Crippen molar-refractivity contribution in [1.82, 2.24) is 9.97 Å². The number of carboxylic acids is 1. The van der Waals surface area contributed by atoms with Crippen LogP contribution in [0.15, 0.2) is 17.4 Å². The Morgan fingerprint density at radius 2 is 2.44 bits per heavy atom. The highest BCUT2D eigenvalue weighted by molar-refractivity contribution is 7.99. The zero-order valence-electron chi connectivity index (χ0n) is 8.79. The molecule has 0 aliphatic carbocycles. The third-order valence-corrected chi connectivity index (χ3v) is 3.77. The van der Waals surface area contributed by atoms with Gasteiger partial charge in [-0.25, -0.2) is 9.78 Å². The van der Waals surface area contributed by atoms with E-state index in [1.165, 1.54) is 18.0 Å². The van der Waals surface area contributed by atoms with Gasteiger partial charge in [0.05, 0.1) is 18.5 Å². The van der Waals surface area contributed by atoms with Gasteiger partial charge in [-0.1, -0.05) is 11.8 Å². The standard InChI is InChI=1S/C10H12N2O3S/c1-6-8(2-3-15-6)16-9-5-11-4-7(12-9)10(13)14/h4-6,8H,2-3H2,1H3,(H,13,14). The Hall–Kier alpha value is -1.14. The second-order valence-electron chi connectivity index (χ2n) is 3.57. The Bertz CT molecular complexity index is 399. The highest BCUT2D eigenvalue weighted by atomic mass is 32.2. The largest absolute Gasteiger partial charge is 0.476 e. The highest BCUT2D eigenvalue weighted by Gasteiger charge is 2.25. The summed E-state index contributed by atoms with van der Waals surface area (Å²) in [6.45, 7) is 2.77. The minimum atomic E-state index is -1.05. The number of aromatic nitrogens is 2. The van der Waals surface area contributed by atoms with Gasteiger partial charge in [0.1, 0.15) is 5.03 Å². The smallest absolute Gasteiger partial charge is 0.356 e. The average Bonchev–Trinajstić information content (AvgIpc) is 2.65. The average molecular weight is 240 g/mol. The summed E-state index contributed by atoms with van der Waals surface area (Å²) >= 11 is 1.53. The van der Waals surface area contributed by atoms with Gasteiger partial charge < -0.3 is 9.84 Å². The molecule has 1 aliphatic rings. The molecule has 0 bridgehead atoms. The van der Waals surface area contributed by atoms with Crippen LogP contribution in [0.5, 0.6) is 0 Å². The number of nitrogens with zero attached hydrogens (tertiary/aromatic N) is 2. The van der Waals surface area contributed by atoms with Crippen molar-refractivity contribution in [3.8, 4) is 0 Å². The number of thioether (sulfide) groups is 1. The van der Waals surface area contributed by atoms with Crippen LogP contribution in [0.25, 0.3) is 0 Å². The maximum atomic E-state index is 10.7. The Labute approximate surface area is 97.2 Å². The second kappa shape index (κ2) is 4.80. The van der Waals surface area contributed by atoms with Crippen molar-refractivity contribution in [3.05, 3.63) is 18.1 Å². The lowest BCUT2D eigenvalue weighted by Crippen LogP contribution is -2.13. The van der Waals surface area contributed by atoms with E-state index in [2.05, 4.69) is 9.97 Å². The molecule has 5 nitrogen and oxygen atoms in total. The first-order valence-corrected chi connectivity index (χ1v) is 5.88. The molecule has 2 atom stereocenters. The molecule has 0 saturated carbocycles. The molecule has 0 radical (unpaired) electrons. The van der Waals surface area contributed by atoms with Crippen molar-refractivity contribution in [1.29, 1.82) is 0 Å². The first-order valence-electron chi connectivity index (χ1n) is 5.00. The van der Waals surface area contributed by atoms with Gasteiger partial charge in [-0.3, -0.25) is 4.98 Å². The molecular weight excluding hydrogens is 228 g/mol. The van der Waals surface area contributed by atoms with Gasteiger partial charge in [0.25, 0.3) is 0 Å². The molecule has 1 N–H and O–H groups in total. The summed E-state index contributed by atoms with van der Waals surface area (Å²) in [5.41, 5.74) is -0.0171. The first-order chi connectivity index (χ1) is 7.66. The van der Waals surface area contributed by atoms with Gasteiger partial charge in [-0.2, -0.15) is 0 Å². The molecule has 2 heterocycles. The van der Waals surface area contributed by atoms with Crippen LogP contribution in [-0.4, -0.2) is 39.0 Å². The topological polar surface area (TPSA) is 72.3 Å². The van der Waals surface area contributed by atoms with Crippen molar-refractivity contribution in [2.75, 3.05) is 6.61 Å². The van der Waals surface area contributed by atoms with E-state index in [1.807, 2.05) is 6.92 Å². The second-order valence-corrected chi connectivity index (χ2v) is 4.83.